The Hall–Kier alpha value is -1.41. The molecular weight excluding hydrogens is 210 g/mol. The summed E-state index contributed by atoms with van der Waals surface area (Å²) in [4.78, 5) is 4.32. The number of aliphatic hydroxyl groups is 1. The van der Waals surface area contributed by atoms with Gasteiger partial charge in [0, 0.05) is 11.6 Å². The highest BCUT2D eigenvalue weighted by molar-refractivity contribution is 5.82. The van der Waals surface area contributed by atoms with E-state index in [1.807, 2.05) is 37.3 Å². The molecule has 1 atom stereocenters. The number of nitrogens with zero attached hydrogens (tertiary/aromatic N) is 1. The Bertz CT molecular complexity index is 512. The van der Waals surface area contributed by atoms with Gasteiger partial charge in [-0.05, 0) is 37.0 Å². The van der Waals surface area contributed by atoms with Crippen molar-refractivity contribution < 1.29 is 5.11 Å². The van der Waals surface area contributed by atoms with Crippen LogP contribution in [0.25, 0.3) is 10.9 Å². The number of pyridine rings is 1. The minimum Gasteiger partial charge on any atom is -0.385 e. The standard InChI is InChI=1S/C15H19NO/c1-11(2)10-15(3,17)13-7-4-8-14-12(13)6-5-9-16-14/h4-9,11,17H,10H2,1-3H3. The van der Waals surface area contributed by atoms with Crippen LogP contribution < -0.4 is 0 Å². The molecule has 1 aromatic heterocycles. The van der Waals surface area contributed by atoms with E-state index in [0.29, 0.717) is 5.92 Å². The van der Waals surface area contributed by atoms with E-state index < -0.39 is 5.60 Å². The minimum absolute atomic E-state index is 0.455. The highest BCUT2D eigenvalue weighted by Gasteiger charge is 2.26. The molecule has 2 aromatic rings. The number of hydrogen-bond donors (Lipinski definition) is 1. The van der Waals surface area contributed by atoms with E-state index in [0.717, 1.165) is 22.9 Å². The number of hydrogen-bond acceptors (Lipinski definition) is 2. The average molecular weight is 229 g/mol. The molecule has 0 spiro atoms. The van der Waals surface area contributed by atoms with Gasteiger partial charge < -0.3 is 5.11 Å². The number of fused-ring (bicyclic) bond motifs is 1. The second-order valence-electron chi connectivity index (χ2n) is 5.25. The van der Waals surface area contributed by atoms with Gasteiger partial charge in [0.25, 0.3) is 0 Å². The average Bonchev–Trinajstić information content (AvgIpc) is 2.26. The van der Waals surface area contributed by atoms with Crippen molar-refractivity contribution in [1.29, 1.82) is 0 Å². The van der Waals surface area contributed by atoms with E-state index in [1.54, 1.807) is 6.20 Å². The smallest absolute Gasteiger partial charge is 0.0877 e. The van der Waals surface area contributed by atoms with Crippen molar-refractivity contribution >= 4 is 10.9 Å². The van der Waals surface area contributed by atoms with Crippen LogP contribution >= 0.6 is 0 Å². The summed E-state index contributed by atoms with van der Waals surface area (Å²) in [6, 6.07) is 9.86. The molecule has 0 radical (unpaired) electrons. The number of rotatable bonds is 3. The molecule has 2 rings (SSSR count). The summed E-state index contributed by atoms with van der Waals surface area (Å²) in [7, 11) is 0. The normalized spacial score (nSPS) is 15.1. The molecule has 0 amide bonds. The molecule has 0 aliphatic rings. The molecule has 0 saturated carbocycles. The Morgan fingerprint density at radius 2 is 2.00 bits per heavy atom. The predicted molar refractivity (Wildman–Crippen MR) is 70.8 cm³/mol. The molecule has 2 nitrogen and oxygen atoms in total. The van der Waals surface area contributed by atoms with Crippen LogP contribution in [0.4, 0.5) is 0 Å². The maximum Gasteiger partial charge on any atom is 0.0877 e. The Labute approximate surface area is 102 Å². The molecule has 17 heavy (non-hydrogen) atoms. The van der Waals surface area contributed by atoms with Gasteiger partial charge in [0.15, 0.2) is 0 Å². The zero-order valence-corrected chi connectivity index (χ0v) is 10.6. The summed E-state index contributed by atoms with van der Waals surface area (Å²) in [5.74, 6) is 0.455. The second-order valence-corrected chi connectivity index (χ2v) is 5.25. The fraction of sp³-hybridized carbons (Fsp3) is 0.400. The monoisotopic (exact) mass is 229 g/mol. The van der Waals surface area contributed by atoms with Crippen LogP contribution in [0.15, 0.2) is 36.5 Å². The first-order chi connectivity index (χ1) is 8.00. The minimum atomic E-state index is -0.795. The fourth-order valence-electron chi connectivity index (χ4n) is 2.48. The third-order valence-corrected chi connectivity index (χ3v) is 3.03. The van der Waals surface area contributed by atoms with Gasteiger partial charge in [-0.25, -0.2) is 0 Å². The van der Waals surface area contributed by atoms with Crippen molar-refractivity contribution in [2.75, 3.05) is 0 Å². The highest BCUT2D eigenvalue weighted by Crippen LogP contribution is 2.32. The van der Waals surface area contributed by atoms with Gasteiger partial charge in [-0.2, -0.15) is 0 Å². The third kappa shape index (κ3) is 2.47. The predicted octanol–water partition coefficient (Wildman–Crippen LogP) is 3.49. The SMILES string of the molecule is CC(C)CC(C)(O)c1cccc2ncccc12. The van der Waals surface area contributed by atoms with Crippen molar-refractivity contribution in [2.45, 2.75) is 32.8 Å². The van der Waals surface area contributed by atoms with Crippen molar-refractivity contribution in [3.8, 4) is 0 Å². The molecule has 1 aromatic carbocycles. The summed E-state index contributed by atoms with van der Waals surface area (Å²) in [6.45, 7) is 6.13. The van der Waals surface area contributed by atoms with Gasteiger partial charge in [0.1, 0.15) is 0 Å². The van der Waals surface area contributed by atoms with Gasteiger partial charge in [0.2, 0.25) is 0 Å². The first-order valence-corrected chi connectivity index (χ1v) is 6.07. The van der Waals surface area contributed by atoms with Gasteiger partial charge >= 0.3 is 0 Å². The fourth-order valence-corrected chi connectivity index (χ4v) is 2.48. The quantitative estimate of drug-likeness (QED) is 0.874. The van der Waals surface area contributed by atoms with Crippen molar-refractivity contribution in [3.63, 3.8) is 0 Å². The lowest BCUT2D eigenvalue weighted by atomic mass is 9.85. The number of benzene rings is 1. The molecule has 0 fully saturated rings. The summed E-state index contributed by atoms with van der Waals surface area (Å²) >= 11 is 0. The van der Waals surface area contributed by atoms with Crippen molar-refractivity contribution in [3.05, 3.63) is 42.1 Å². The molecule has 0 bridgehead atoms. The zero-order chi connectivity index (χ0) is 12.5. The Morgan fingerprint density at radius 1 is 1.24 bits per heavy atom. The topological polar surface area (TPSA) is 33.1 Å². The largest absolute Gasteiger partial charge is 0.385 e. The highest BCUT2D eigenvalue weighted by atomic mass is 16.3. The van der Waals surface area contributed by atoms with E-state index in [1.165, 1.54) is 0 Å². The lowest BCUT2D eigenvalue weighted by Gasteiger charge is -2.27. The first-order valence-electron chi connectivity index (χ1n) is 6.07. The van der Waals surface area contributed by atoms with Crippen LogP contribution in [-0.2, 0) is 5.60 Å². The summed E-state index contributed by atoms with van der Waals surface area (Å²) in [5.41, 5.74) is 1.11. The van der Waals surface area contributed by atoms with Crippen LogP contribution in [0.2, 0.25) is 0 Å². The maximum atomic E-state index is 10.6. The molecule has 1 heterocycles. The van der Waals surface area contributed by atoms with Gasteiger partial charge in [-0.15, -0.1) is 0 Å². The lowest BCUT2D eigenvalue weighted by Crippen LogP contribution is -2.23. The molecule has 90 valence electrons. The third-order valence-electron chi connectivity index (χ3n) is 3.03. The van der Waals surface area contributed by atoms with Crippen LogP contribution in [0, 0.1) is 5.92 Å². The van der Waals surface area contributed by atoms with E-state index in [2.05, 4.69) is 18.8 Å². The van der Waals surface area contributed by atoms with Gasteiger partial charge in [-0.1, -0.05) is 32.0 Å². The van der Waals surface area contributed by atoms with E-state index >= 15 is 0 Å². The number of aromatic nitrogens is 1. The zero-order valence-electron chi connectivity index (χ0n) is 10.6. The summed E-state index contributed by atoms with van der Waals surface area (Å²) in [6.07, 6.45) is 2.53. The maximum absolute atomic E-state index is 10.6. The van der Waals surface area contributed by atoms with Crippen molar-refractivity contribution in [2.24, 2.45) is 5.92 Å². The summed E-state index contributed by atoms with van der Waals surface area (Å²) in [5, 5.41) is 11.7. The second kappa shape index (κ2) is 4.46. The molecular formula is C15H19NO. The van der Waals surface area contributed by atoms with Crippen LogP contribution in [0.3, 0.4) is 0 Å². The van der Waals surface area contributed by atoms with Crippen LogP contribution in [-0.4, -0.2) is 10.1 Å². The Balaban J connectivity index is 2.55. The molecule has 1 N–H and O–H groups in total. The van der Waals surface area contributed by atoms with Gasteiger partial charge in [-0.3, -0.25) is 4.98 Å². The molecule has 0 saturated heterocycles. The molecule has 2 heteroatoms. The molecule has 0 aliphatic carbocycles. The van der Waals surface area contributed by atoms with E-state index in [4.69, 9.17) is 0 Å². The van der Waals surface area contributed by atoms with Gasteiger partial charge in [0.05, 0.1) is 11.1 Å². The Kier molecular flexibility index (Phi) is 3.16. The van der Waals surface area contributed by atoms with Crippen molar-refractivity contribution in [1.82, 2.24) is 4.98 Å². The molecule has 0 aliphatic heterocycles. The van der Waals surface area contributed by atoms with E-state index in [9.17, 15) is 5.11 Å². The van der Waals surface area contributed by atoms with Crippen LogP contribution in [0.5, 0.6) is 0 Å². The first kappa shape index (κ1) is 12.1. The lowest BCUT2D eigenvalue weighted by molar-refractivity contribution is 0.0363. The van der Waals surface area contributed by atoms with E-state index in [-0.39, 0.29) is 0 Å². The summed E-state index contributed by atoms with van der Waals surface area (Å²) < 4.78 is 0. The Morgan fingerprint density at radius 3 is 2.71 bits per heavy atom. The van der Waals surface area contributed by atoms with Crippen LogP contribution in [0.1, 0.15) is 32.8 Å². The molecule has 1 unspecified atom stereocenters.